The Hall–Kier alpha value is -1.36. The molecule has 1 saturated carbocycles. The highest BCUT2D eigenvalue weighted by molar-refractivity contribution is 7.13. The van der Waals surface area contributed by atoms with Gasteiger partial charge in [0.05, 0.1) is 10.8 Å². The van der Waals surface area contributed by atoms with E-state index in [0.717, 1.165) is 30.6 Å². The number of aryl methyl sites for hydroxylation is 1. The molecule has 2 N–H and O–H groups in total. The summed E-state index contributed by atoms with van der Waals surface area (Å²) in [6.07, 6.45) is 3.66. The van der Waals surface area contributed by atoms with Crippen LogP contribution in [0, 0.1) is 18.8 Å². The summed E-state index contributed by atoms with van der Waals surface area (Å²) >= 11 is 1.46. The summed E-state index contributed by atoms with van der Waals surface area (Å²) in [5, 5.41) is 12.1. The second-order valence-electron chi connectivity index (χ2n) is 5.11. The molecular weight excluding hydrogens is 262 g/mol. The summed E-state index contributed by atoms with van der Waals surface area (Å²) in [6, 6.07) is 3.73. The maximum absolute atomic E-state index is 11.9. The zero-order chi connectivity index (χ0) is 13.8. The Balaban J connectivity index is 1.90. The smallest absolute Gasteiger partial charge is 0.306 e. The molecule has 0 bridgehead atoms. The fourth-order valence-corrected chi connectivity index (χ4v) is 3.43. The monoisotopic (exact) mass is 281 g/mol. The molecule has 0 aromatic carbocycles. The van der Waals surface area contributed by atoms with Crippen LogP contribution in [0.4, 0.5) is 0 Å². The second kappa shape index (κ2) is 6.19. The van der Waals surface area contributed by atoms with Crippen LogP contribution in [0.15, 0.2) is 12.1 Å². The Morgan fingerprint density at radius 2 is 2.11 bits per heavy atom. The average molecular weight is 281 g/mol. The summed E-state index contributed by atoms with van der Waals surface area (Å²) in [4.78, 5) is 24.9. The third-order valence-electron chi connectivity index (χ3n) is 3.72. The molecule has 1 aromatic heterocycles. The Morgan fingerprint density at radius 1 is 1.37 bits per heavy atom. The van der Waals surface area contributed by atoms with Gasteiger partial charge in [-0.05, 0) is 37.8 Å². The topological polar surface area (TPSA) is 66.4 Å². The molecule has 1 amide bonds. The lowest BCUT2D eigenvalue weighted by Crippen LogP contribution is -2.37. The molecule has 2 unspecified atom stereocenters. The molecular formula is C14H19NO3S. The molecule has 19 heavy (non-hydrogen) atoms. The number of aliphatic carboxylic acids is 1. The van der Waals surface area contributed by atoms with Crippen molar-refractivity contribution in [1.82, 2.24) is 5.32 Å². The van der Waals surface area contributed by atoms with E-state index >= 15 is 0 Å². The molecule has 1 fully saturated rings. The molecule has 104 valence electrons. The van der Waals surface area contributed by atoms with Gasteiger partial charge in [0.25, 0.3) is 5.91 Å². The number of nitrogens with one attached hydrogen (secondary N) is 1. The standard InChI is InChI=1S/C14H19NO3S/c1-9-6-7-12(19-9)13(16)15-8-10-4-2-3-5-11(10)14(17)18/h6-7,10-11H,2-5,8H2,1H3,(H,15,16)(H,17,18). The van der Waals surface area contributed by atoms with Gasteiger partial charge in [0.2, 0.25) is 0 Å². The largest absolute Gasteiger partial charge is 0.481 e. The number of rotatable bonds is 4. The minimum Gasteiger partial charge on any atom is -0.481 e. The maximum Gasteiger partial charge on any atom is 0.306 e. The lowest BCUT2D eigenvalue weighted by molar-refractivity contribution is -0.144. The number of carbonyl (C=O) groups is 2. The van der Waals surface area contributed by atoms with E-state index in [2.05, 4.69) is 5.32 Å². The molecule has 0 saturated heterocycles. The van der Waals surface area contributed by atoms with E-state index in [0.29, 0.717) is 11.4 Å². The van der Waals surface area contributed by atoms with Crippen LogP contribution in [0.2, 0.25) is 0 Å². The second-order valence-corrected chi connectivity index (χ2v) is 6.40. The normalized spacial score (nSPS) is 23.0. The number of amides is 1. The van der Waals surface area contributed by atoms with E-state index in [-0.39, 0.29) is 17.7 Å². The van der Waals surface area contributed by atoms with Crippen molar-refractivity contribution in [3.05, 3.63) is 21.9 Å². The molecule has 0 radical (unpaired) electrons. The lowest BCUT2D eigenvalue weighted by Gasteiger charge is -2.28. The van der Waals surface area contributed by atoms with Crippen molar-refractivity contribution in [2.75, 3.05) is 6.54 Å². The van der Waals surface area contributed by atoms with Crippen LogP contribution in [0.3, 0.4) is 0 Å². The fourth-order valence-electron chi connectivity index (χ4n) is 2.64. The van der Waals surface area contributed by atoms with Crippen LogP contribution in [0.1, 0.15) is 40.2 Å². The molecule has 0 aliphatic heterocycles. The summed E-state index contributed by atoms with van der Waals surface area (Å²) in [7, 11) is 0. The molecule has 2 rings (SSSR count). The van der Waals surface area contributed by atoms with Crippen LogP contribution >= 0.6 is 11.3 Å². The zero-order valence-electron chi connectivity index (χ0n) is 11.0. The van der Waals surface area contributed by atoms with Crippen LogP contribution < -0.4 is 5.32 Å². The van der Waals surface area contributed by atoms with E-state index in [1.807, 2.05) is 19.1 Å². The van der Waals surface area contributed by atoms with Gasteiger partial charge in [0, 0.05) is 11.4 Å². The highest BCUT2D eigenvalue weighted by atomic mass is 32.1. The van der Waals surface area contributed by atoms with Crippen LogP contribution in [-0.4, -0.2) is 23.5 Å². The van der Waals surface area contributed by atoms with E-state index in [9.17, 15) is 14.7 Å². The Bertz CT molecular complexity index is 469. The maximum atomic E-state index is 11.9. The van der Waals surface area contributed by atoms with Crippen molar-refractivity contribution in [1.29, 1.82) is 0 Å². The SMILES string of the molecule is Cc1ccc(C(=O)NCC2CCCCC2C(=O)O)s1. The van der Waals surface area contributed by atoms with Gasteiger partial charge in [-0.15, -0.1) is 11.3 Å². The van der Waals surface area contributed by atoms with Gasteiger partial charge in [0.1, 0.15) is 0 Å². The molecule has 5 heteroatoms. The summed E-state index contributed by atoms with van der Waals surface area (Å²) in [5.74, 6) is -1.06. The van der Waals surface area contributed by atoms with Gasteiger partial charge in [-0.2, -0.15) is 0 Å². The summed E-state index contributed by atoms with van der Waals surface area (Å²) < 4.78 is 0. The molecule has 4 nitrogen and oxygen atoms in total. The van der Waals surface area contributed by atoms with Crippen molar-refractivity contribution in [2.45, 2.75) is 32.6 Å². The number of carbonyl (C=O) groups excluding carboxylic acids is 1. The van der Waals surface area contributed by atoms with E-state index < -0.39 is 5.97 Å². The van der Waals surface area contributed by atoms with Gasteiger partial charge < -0.3 is 10.4 Å². The van der Waals surface area contributed by atoms with Gasteiger partial charge >= 0.3 is 5.97 Å². The third-order valence-corrected chi connectivity index (χ3v) is 4.71. The van der Waals surface area contributed by atoms with Crippen LogP contribution in [-0.2, 0) is 4.79 Å². The minimum absolute atomic E-state index is 0.0660. The molecule has 1 aliphatic rings. The summed E-state index contributed by atoms with van der Waals surface area (Å²) in [6.45, 7) is 2.43. The molecule has 1 heterocycles. The summed E-state index contributed by atoms with van der Waals surface area (Å²) in [5.41, 5.74) is 0. The fraction of sp³-hybridized carbons (Fsp3) is 0.571. The number of carboxylic acid groups (broad SMARTS) is 1. The van der Waals surface area contributed by atoms with E-state index in [1.54, 1.807) is 0 Å². The number of hydrogen-bond donors (Lipinski definition) is 2. The molecule has 1 aromatic rings. The van der Waals surface area contributed by atoms with Gasteiger partial charge in [-0.25, -0.2) is 0 Å². The predicted molar refractivity (Wildman–Crippen MR) is 74.5 cm³/mol. The predicted octanol–water partition coefficient (Wildman–Crippen LogP) is 2.68. The molecule has 0 spiro atoms. The zero-order valence-corrected chi connectivity index (χ0v) is 11.8. The van der Waals surface area contributed by atoms with E-state index in [1.165, 1.54) is 11.3 Å². The van der Waals surface area contributed by atoms with Crippen molar-refractivity contribution < 1.29 is 14.7 Å². The first kappa shape index (κ1) is 14.1. The lowest BCUT2D eigenvalue weighted by atomic mass is 9.79. The average Bonchev–Trinajstić information content (AvgIpc) is 2.83. The Kier molecular flexibility index (Phi) is 4.58. The third kappa shape index (κ3) is 3.56. The molecule has 2 atom stereocenters. The number of thiophene rings is 1. The van der Waals surface area contributed by atoms with Crippen LogP contribution in [0.25, 0.3) is 0 Å². The van der Waals surface area contributed by atoms with E-state index in [4.69, 9.17) is 0 Å². The quantitative estimate of drug-likeness (QED) is 0.891. The number of hydrogen-bond acceptors (Lipinski definition) is 3. The Morgan fingerprint density at radius 3 is 2.74 bits per heavy atom. The van der Waals surface area contributed by atoms with Crippen molar-refractivity contribution in [2.24, 2.45) is 11.8 Å². The highest BCUT2D eigenvalue weighted by Crippen LogP contribution is 2.29. The number of carboxylic acids is 1. The highest BCUT2D eigenvalue weighted by Gasteiger charge is 2.30. The minimum atomic E-state index is -0.731. The first-order valence-corrected chi connectivity index (χ1v) is 7.47. The van der Waals surface area contributed by atoms with Crippen molar-refractivity contribution >= 4 is 23.2 Å². The van der Waals surface area contributed by atoms with Gasteiger partial charge in [0.15, 0.2) is 0 Å². The van der Waals surface area contributed by atoms with Crippen molar-refractivity contribution in [3.63, 3.8) is 0 Å². The van der Waals surface area contributed by atoms with Crippen molar-refractivity contribution in [3.8, 4) is 0 Å². The Labute approximate surface area is 116 Å². The molecule has 1 aliphatic carbocycles. The van der Waals surface area contributed by atoms with Crippen LogP contribution in [0.5, 0.6) is 0 Å². The first-order valence-electron chi connectivity index (χ1n) is 6.65. The first-order chi connectivity index (χ1) is 9.08. The van der Waals surface area contributed by atoms with Gasteiger partial charge in [-0.3, -0.25) is 9.59 Å². The van der Waals surface area contributed by atoms with Gasteiger partial charge in [-0.1, -0.05) is 12.8 Å².